The summed E-state index contributed by atoms with van der Waals surface area (Å²) in [6, 6.07) is 4.78. The normalized spacial score (nSPS) is 12.0. The number of carbonyl (C=O) groups excluding carboxylic acids is 1. The second-order valence-corrected chi connectivity index (χ2v) is 5.74. The van der Waals surface area contributed by atoms with Gasteiger partial charge in [0, 0.05) is 24.3 Å². The number of fused-ring (bicyclic) bond motifs is 1. The van der Waals surface area contributed by atoms with E-state index in [2.05, 4.69) is 4.98 Å². The van der Waals surface area contributed by atoms with Crippen molar-refractivity contribution in [3.05, 3.63) is 29.8 Å². The molecular formula is C14H17ClFN3O. The molecule has 1 aromatic carbocycles. The number of halogens is 2. The molecule has 0 saturated heterocycles. The first-order valence-corrected chi connectivity index (χ1v) is 6.91. The molecule has 0 aliphatic carbocycles. The number of para-hydroxylation sites is 1. The molecular weight excluding hydrogens is 281 g/mol. The van der Waals surface area contributed by atoms with E-state index < -0.39 is 11.4 Å². The van der Waals surface area contributed by atoms with Gasteiger partial charge in [0.2, 0.25) is 5.91 Å². The second kappa shape index (κ2) is 5.40. The van der Waals surface area contributed by atoms with Gasteiger partial charge in [-0.1, -0.05) is 6.07 Å². The molecule has 2 N–H and O–H groups in total. The van der Waals surface area contributed by atoms with Gasteiger partial charge in [0.15, 0.2) is 5.82 Å². The molecule has 0 atom stereocenters. The van der Waals surface area contributed by atoms with E-state index in [-0.39, 0.29) is 12.2 Å². The smallest absolute Gasteiger partial charge is 0.219 e. The molecule has 0 radical (unpaired) electrons. The van der Waals surface area contributed by atoms with E-state index in [0.29, 0.717) is 29.2 Å². The molecule has 0 unspecified atom stereocenters. The highest BCUT2D eigenvalue weighted by Gasteiger charge is 2.28. The summed E-state index contributed by atoms with van der Waals surface area (Å²) in [6.07, 6.45) is 0.641. The molecule has 4 nitrogen and oxygen atoms in total. The average Bonchev–Trinajstić information content (AvgIpc) is 2.68. The number of rotatable bonds is 5. The third-order valence-corrected chi connectivity index (χ3v) is 3.42. The Hall–Kier alpha value is -1.62. The van der Waals surface area contributed by atoms with Crippen LogP contribution in [0.25, 0.3) is 11.0 Å². The Morgan fingerprint density at radius 1 is 1.50 bits per heavy atom. The van der Waals surface area contributed by atoms with Crippen LogP contribution in [0.2, 0.25) is 0 Å². The number of nitrogens with two attached hydrogens (primary N) is 1. The zero-order valence-electron chi connectivity index (χ0n) is 11.5. The molecule has 1 aromatic heterocycles. The molecule has 0 saturated carbocycles. The van der Waals surface area contributed by atoms with Gasteiger partial charge in [-0.15, -0.1) is 11.6 Å². The predicted molar refractivity (Wildman–Crippen MR) is 77.2 cm³/mol. The number of alkyl halides is 1. The topological polar surface area (TPSA) is 60.9 Å². The van der Waals surface area contributed by atoms with E-state index in [9.17, 15) is 9.18 Å². The number of hydrogen-bond donors (Lipinski definition) is 1. The summed E-state index contributed by atoms with van der Waals surface area (Å²) in [5.74, 6) is 0.237. The fraction of sp³-hybridized carbons (Fsp3) is 0.429. The van der Waals surface area contributed by atoms with Crippen molar-refractivity contribution in [1.82, 2.24) is 9.55 Å². The maximum Gasteiger partial charge on any atom is 0.219 e. The van der Waals surface area contributed by atoms with E-state index in [1.54, 1.807) is 12.1 Å². The van der Waals surface area contributed by atoms with Crippen molar-refractivity contribution in [3.8, 4) is 0 Å². The monoisotopic (exact) mass is 297 g/mol. The quantitative estimate of drug-likeness (QED) is 0.862. The van der Waals surface area contributed by atoms with Crippen LogP contribution in [0.3, 0.4) is 0 Å². The van der Waals surface area contributed by atoms with Gasteiger partial charge in [-0.05, 0) is 26.0 Å². The van der Waals surface area contributed by atoms with E-state index in [0.717, 1.165) is 0 Å². The predicted octanol–water partition coefficient (Wildman–Crippen LogP) is 2.57. The lowest BCUT2D eigenvalue weighted by Crippen LogP contribution is -2.33. The van der Waals surface area contributed by atoms with Gasteiger partial charge in [-0.3, -0.25) is 4.79 Å². The van der Waals surface area contributed by atoms with E-state index >= 15 is 0 Å². The lowest BCUT2D eigenvalue weighted by Gasteiger charge is -2.28. The molecule has 0 aliphatic heterocycles. The Labute approximate surface area is 121 Å². The van der Waals surface area contributed by atoms with Crippen LogP contribution in [-0.2, 0) is 16.8 Å². The highest BCUT2D eigenvalue weighted by Crippen LogP contribution is 2.29. The van der Waals surface area contributed by atoms with Crippen LogP contribution in [-0.4, -0.2) is 21.3 Å². The highest BCUT2D eigenvalue weighted by atomic mass is 35.5. The largest absolute Gasteiger partial charge is 0.370 e. The summed E-state index contributed by atoms with van der Waals surface area (Å²) in [4.78, 5) is 15.6. The van der Waals surface area contributed by atoms with Crippen LogP contribution in [0.1, 0.15) is 26.1 Å². The highest BCUT2D eigenvalue weighted by molar-refractivity contribution is 6.17. The fourth-order valence-corrected chi connectivity index (χ4v) is 2.72. The number of benzene rings is 1. The van der Waals surface area contributed by atoms with Crippen molar-refractivity contribution in [2.75, 3.05) is 5.88 Å². The van der Waals surface area contributed by atoms with E-state index in [4.69, 9.17) is 17.3 Å². The maximum absolute atomic E-state index is 13.9. The standard InChI is InChI=1S/C14H17ClFN3O/c1-14(2,8-11(17)20)19-10-5-3-4-9(16)13(10)18-12(19)6-7-15/h3-5H,6-8H2,1-2H3,(H2,17,20). The Kier molecular flexibility index (Phi) is 3.99. The minimum Gasteiger partial charge on any atom is -0.370 e. The van der Waals surface area contributed by atoms with Crippen LogP contribution in [0.4, 0.5) is 4.39 Å². The number of aromatic nitrogens is 2. The van der Waals surface area contributed by atoms with Crippen LogP contribution < -0.4 is 5.73 Å². The Balaban J connectivity index is 2.68. The zero-order chi connectivity index (χ0) is 14.9. The van der Waals surface area contributed by atoms with Gasteiger partial charge < -0.3 is 10.3 Å². The summed E-state index contributed by atoms with van der Waals surface area (Å²) in [6.45, 7) is 3.75. The van der Waals surface area contributed by atoms with Gasteiger partial charge in [0.05, 0.1) is 5.52 Å². The van der Waals surface area contributed by atoms with Gasteiger partial charge in [-0.25, -0.2) is 9.37 Å². The number of amides is 1. The van der Waals surface area contributed by atoms with Gasteiger partial charge in [0.1, 0.15) is 11.3 Å². The van der Waals surface area contributed by atoms with Crippen molar-refractivity contribution in [1.29, 1.82) is 0 Å². The molecule has 0 bridgehead atoms. The second-order valence-electron chi connectivity index (χ2n) is 5.37. The third kappa shape index (κ3) is 2.63. The first kappa shape index (κ1) is 14.8. The number of aryl methyl sites for hydroxylation is 1. The Bertz CT molecular complexity index is 651. The van der Waals surface area contributed by atoms with E-state index in [1.165, 1.54) is 6.07 Å². The van der Waals surface area contributed by atoms with Crippen molar-refractivity contribution in [2.24, 2.45) is 5.73 Å². The first-order valence-electron chi connectivity index (χ1n) is 6.37. The van der Waals surface area contributed by atoms with Crippen LogP contribution in [0.15, 0.2) is 18.2 Å². The van der Waals surface area contributed by atoms with Gasteiger partial charge in [0.25, 0.3) is 0 Å². The molecule has 0 spiro atoms. The third-order valence-electron chi connectivity index (χ3n) is 3.24. The minimum atomic E-state index is -0.588. The van der Waals surface area contributed by atoms with Gasteiger partial charge >= 0.3 is 0 Å². The van der Waals surface area contributed by atoms with Crippen LogP contribution in [0.5, 0.6) is 0 Å². The molecule has 2 rings (SSSR count). The molecule has 1 amide bonds. The molecule has 0 fully saturated rings. The number of nitrogens with zero attached hydrogens (tertiary/aromatic N) is 2. The van der Waals surface area contributed by atoms with Crippen molar-refractivity contribution in [2.45, 2.75) is 32.2 Å². The first-order chi connectivity index (χ1) is 9.36. The molecule has 6 heteroatoms. The minimum absolute atomic E-state index is 0.143. The molecule has 108 valence electrons. The Morgan fingerprint density at radius 3 is 2.80 bits per heavy atom. The zero-order valence-corrected chi connectivity index (χ0v) is 12.2. The summed E-state index contributed by atoms with van der Waals surface area (Å²) in [5, 5.41) is 0. The number of carbonyl (C=O) groups is 1. The van der Waals surface area contributed by atoms with Crippen LogP contribution >= 0.6 is 11.6 Å². The maximum atomic E-state index is 13.9. The molecule has 2 aromatic rings. The fourth-order valence-electron chi connectivity index (χ4n) is 2.55. The summed E-state index contributed by atoms with van der Waals surface area (Å²) in [7, 11) is 0. The average molecular weight is 298 g/mol. The van der Waals surface area contributed by atoms with Crippen molar-refractivity contribution >= 4 is 28.5 Å². The molecule has 0 aliphatic rings. The van der Waals surface area contributed by atoms with Crippen LogP contribution in [0, 0.1) is 5.82 Å². The number of primary amides is 1. The number of hydrogen-bond acceptors (Lipinski definition) is 2. The summed E-state index contributed by atoms with van der Waals surface area (Å²) in [5.41, 5.74) is 5.67. The SMILES string of the molecule is CC(C)(CC(N)=O)n1c(CCCl)nc2c(F)cccc21. The lowest BCUT2D eigenvalue weighted by atomic mass is 9.99. The van der Waals surface area contributed by atoms with Crippen molar-refractivity contribution in [3.63, 3.8) is 0 Å². The lowest BCUT2D eigenvalue weighted by molar-refractivity contribution is -0.119. The summed E-state index contributed by atoms with van der Waals surface area (Å²) < 4.78 is 15.7. The summed E-state index contributed by atoms with van der Waals surface area (Å²) >= 11 is 5.79. The Morgan fingerprint density at radius 2 is 2.20 bits per heavy atom. The van der Waals surface area contributed by atoms with Crippen molar-refractivity contribution < 1.29 is 9.18 Å². The van der Waals surface area contributed by atoms with E-state index in [1.807, 2.05) is 18.4 Å². The molecule has 1 heterocycles. The van der Waals surface area contributed by atoms with Gasteiger partial charge in [-0.2, -0.15) is 0 Å². The number of imidazole rings is 1. The molecule has 20 heavy (non-hydrogen) atoms.